The van der Waals surface area contributed by atoms with E-state index in [9.17, 15) is 5.11 Å². The minimum atomic E-state index is -0.686. The lowest BCUT2D eigenvalue weighted by Gasteiger charge is -2.25. The Bertz CT molecular complexity index is 294. The lowest BCUT2D eigenvalue weighted by molar-refractivity contribution is 0.0443. The Morgan fingerprint density at radius 3 is 2.57 bits per heavy atom. The summed E-state index contributed by atoms with van der Waals surface area (Å²) < 4.78 is 0. The zero-order valence-corrected chi connectivity index (χ0v) is 9.90. The molecule has 0 aromatic heterocycles. The van der Waals surface area contributed by atoms with E-state index >= 15 is 0 Å². The van der Waals surface area contributed by atoms with E-state index in [2.05, 4.69) is 13.0 Å². The number of hydrogen-bond acceptors (Lipinski definition) is 2. The van der Waals surface area contributed by atoms with Crippen molar-refractivity contribution in [3.05, 3.63) is 29.8 Å². The molecule has 1 aromatic carbocycles. The maximum absolute atomic E-state index is 10.3. The zero-order chi connectivity index (χ0) is 10.6. The van der Waals surface area contributed by atoms with Crippen molar-refractivity contribution in [3.8, 4) is 0 Å². The standard InChI is InChI=1S/C12H18OS/c1-4-9-12(2,13)10-7-5-6-8-11(10)14-3/h5-8,13H,4,9H2,1-3H3/t12-/m0/s1. The van der Waals surface area contributed by atoms with Gasteiger partial charge in [0.05, 0.1) is 5.60 Å². The fourth-order valence-corrected chi connectivity index (χ4v) is 2.43. The van der Waals surface area contributed by atoms with Crippen LogP contribution in [0.15, 0.2) is 29.2 Å². The molecule has 0 aliphatic heterocycles. The molecule has 0 spiro atoms. The van der Waals surface area contributed by atoms with Gasteiger partial charge in [0.2, 0.25) is 0 Å². The molecule has 0 heterocycles. The summed E-state index contributed by atoms with van der Waals surface area (Å²) in [5, 5.41) is 10.3. The van der Waals surface area contributed by atoms with Gasteiger partial charge in [0.15, 0.2) is 0 Å². The van der Waals surface area contributed by atoms with E-state index in [0.29, 0.717) is 0 Å². The van der Waals surface area contributed by atoms with Crippen molar-refractivity contribution in [2.45, 2.75) is 37.2 Å². The molecule has 0 radical (unpaired) electrons. The predicted molar refractivity (Wildman–Crippen MR) is 62.7 cm³/mol. The first kappa shape index (κ1) is 11.6. The van der Waals surface area contributed by atoms with Crippen molar-refractivity contribution in [1.29, 1.82) is 0 Å². The monoisotopic (exact) mass is 210 g/mol. The van der Waals surface area contributed by atoms with Gasteiger partial charge in [-0.05, 0) is 31.2 Å². The first-order valence-corrected chi connectivity index (χ1v) is 6.20. The van der Waals surface area contributed by atoms with Gasteiger partial charge in [0.25, 0.3) is 0 Å². The van der Waals surface area contributed by atoms with Gasteiger partial charge >= 0.3 is 0 Å². The van der Waals surface area contributed by atoms with Crippen molar-refractivity contribution in [1.82, 2.24) is 0 Å². The van der Waals surface area contributed by atoms with Crippen LogP contribution in [-0.4, -0.2) is 11.4 Å². The number of rotatable bonds is 4. The van der Waals surface area contributed by atoms with E-state index in [1.807, 2.05) is 31.4 Å². The molecule has 1 nitrogen and oxygen atoms in total. The number of benzene rings is 1. The number of hydrogen-bond donors (Lipinski definition) is 1. The van der Waals surface area contributed by atoms with Crippen LogP contribution in [0.25, 0.3) is 0 Å². The van der Waals surface area contributed by atoms with Crippen LogP contribution in [0.4, 0.5) is 0 Å². The second-order valence-electron chi connectivity index (χ2n) is 3.72. The SMILES string of the molecule is CCC[C@](C)(O)c1ccccc1SC. The van der Waals surface area contributed by atoms with Gasteiger partial charge in [-0.15, -0.1) is 11.8 Å². The Kier molecular flexibility index (Phi) is 4.02. The summed E-state index contributed by atoms with van der Waals surface area (Å²) in [6, 6.07) is 8.07. The second kappa shape index (κ2) is 4.85. The molecule has 1 aromatic rings. The van der Waals surface area contributed by atoms with Crippen LogP contribution in [-0.2, 0) is 5.60 Å². The second-order valence-corrected chi connectivity index (χ2v) is 4.57. The molecular formula is C12H18OS. The first-order valence-electron chi connectivity index (χ1n) is 4.97. The van der Waals surface area contributed by atoms with Gasteiger partial charge in [-0.3, -0.25) is 0 Å². The van der Waals surface area contributed by atoms with E-state index in [1.165, 1.54) is 4.90 Å². The van der Waals surface area contributed by atoms with Crippen LogP contribution in [0.1, 0.15) is 32.3 Å². The van der Waals surface area contributed by atoms with Crippen molar-refractivity contribution in [2.75, 3.05) is 6.26 Å². The molecule has 14 heavy (non-hydrogen) atoms. The summed E-state index contributed by atoms with van der Waals surface area (Å²) in [5.74, 6) is 0. The Hall–Kier alpha value is -0.470. The van der Waals surface area contributed by atoms with Crippen molar-refractivity contribution in [2.24, 2.45) is 0 Å². The molecule has 0 unspecified atom stereocenters. The molecule has 1 N–H and O–H groups in total. The fraction of sp³-hybridized carbons (Fsp3) is 0.500. The maximum Gasteiger partial charge on any atom is 0.0879 e. The van der Waals surface area contributed by atoms with E-state index in [0.717, 1.165) is 18.4 Å². The lowest BCUT2D eigenvalue weighted by atomic mass is 9.91. The predicted octanol–water partition coefficient (Wildman–Crippen LogP) is 3.42. The van der Waals surface area contributed by atoms with E-state index in [-0.39, 0.29) is 0 Å². The summed E-state index contributed by atoms with van der Waals surface area (Å²) in [6.07, 6.45) is 3.85. The molecule has 1 atom stereocenters. The minimum absolute atomic E-state index is 0.686. The fourth-order valence-electron chi connectivity index (χ4n) is 1.71. The molecular weight excluding hydrogens is 192 g/mol. The molecule has 0 bridgehead atoms. The number of aliphatic hydroxyl groups is 1. The third kappa shape index (κ3) is 2.52. The van der Waals surface area contributed by atoms with Crippen molar-refractivity contribution in [3.63, 3.8) is 0 Å². The van der Waals surface area contributed by atoms with Crippen LogP contribution in [0.2, 0.25) is 0 Å². The van der Waals surface area contributed by atoms with Crippen LogP contribution >= 0.6 is 11.8 Å². The van der Waals surface area contributed by atoms with Gasteiger partial charge < -0.3 is 5.11 Å². The highest BCUT2D eigenvalue weighted by Crippen LogP contribution is 2.32. The largest absolute Gasteiger partial charge is 0.385 e. The summed E-state index contributed by atoms with van der Waals surface area (Å²) in [7, 11) is 0. The quantitative estimate of drug-likeness (QED) is 0.768. The van der Waals surface area contributed by atoms with Crippen molar-refractivity contribution < 1.29 is 5.11 Å². The molecule has 0 amide bonds. The van der Waals surface area contributed by atoms with Gasteiger partial charge in [0.1, 0.15) is 0 Å². The Labute approximate surface area is 90.5 Å². The summed E-state index contributed by atoms with van der Waals surface area (Å²) >= 11 is 1.69. The van der Waals surface area contributed by atoms with Gasteiger partial charge in [-0.1, -0.05) is 31.5 Å². The Morgan fingerprint density at radius 2 is 2.00 bits per heavy atom. The highest BCUT2D eigenvalue weighted by Gasteiger charge is 2.24. The molecule has 0 aliphatic rings. The van der Waals surface area contributed by atoms with E-state index in [4.69, 9.17) is 0 Å². The smallest absolute Gasteiger partial charge is 0.0879 e. The minimum Gasteiger partial charge on any atom is -0.385 e. The maximum atomic E-state index is 10.3. The Morgan fingerprint density at radius 1 is 1.36 bits per heavy atom. The molecule has 0 saturated heterocycles. The highest BCUT2D eigenvalue weighted by molar-refractivity contribution is 7.98. The summed E-state index contributed by atoms with van der Waals surface area (Å²) in [5.41, 5.74) is 0.364. The van der Waals surface area contributed by atoms with E-state index in [1.54, 1.807) is 11.8 Å². The average molecular weight is 210 g/mol. The third-order valence-electron chi connectivity index (χ3n) is 2.42. The zero-order valence-electron chi connectivity index (χ0n) is 9.08. The normalized spacial score (nSPS) is 15.1. The van der Waals surface area contributed by atoms with Crippen molar-refractivity contribution >= 4 is 11.8 Å². The highest BCUT2D eigenvalue weighted by atomic mass is 32.2. The molecule has 2 heteroatoms. The Balaban J connectivity index is 3.04. The molecule has 0 saturated carbocycles. The van der Waals surface area contributed by atoms with Crippen LogP contribution in [0.3, 0.4) is 0 Å². The molecule has 0 aliphatic carbocycles. The van der Waals surface area contributed by atoms with Crippen LogP contribution in [0.5, 0.6) is 0 Å². The van der Waals surface area contributed by atoms with E-state index < -0.39 is 5.60 Å². The van der Waals surface area contributed by atoms with Gasteiger partial charge in [-0.2, -0.15) is 0 Å². The molecule has 0 fully saturated rings. The number of thioether (sulfide) groups is 1. The van der Waals surface area contributed by atoms with Gasteiger partial charge in [0, 0.05) is 4.90 Å². The topological polar surface area (TPSA) is 20.2 Å². The first-order chi connectivity index (χ1) is 6.61. The molecule has 78 valence electrons. The van der Waals surface area contributed by atoms with Crippen LogP contribution < -0.4 is 0 Å². The molecule has 1 rings (SSSR count). The van der Waals surface area contributed by atoms with Gasteiger partial charge in [-0.25, -0.2) is 0 Å². The third-order valence-corrected chi connectivity index (χ3v) is 3.22. The lowest BCUT2D eigenvalue weighted by Crippen LogP contribution is -2.21. The summed E-state index contributed by atoms with van der Waals surface area (Å²) in [4.78, 5) is 1.17. The average Bonchev–Trinajstić information content (AvgIpc) is 2.18. The summed E-state index contributed by atoms with van der Waals surface area (Å²) in [6.45, 7) is 3.99. The van der Waals surface area contributed by atoms with Crippen LogP contribution in [0, 0.1) is 0 Å².